The van der Waals surface area contributed by atoms with Gasteiger partial charge in [-0.3, -0.25) is 0 Å². The molecule has 0 amide bonds. The van der Waals surface area contributed by atoms with Crippen molar-refractivity contribution >= 4 is 32.2 Å². The van der Waals surface area contributed by atoms with E-state index in [1.54, 1.807) is 0 Å². The highest BCUT2D eigenvalue weighted by Crippen LogP contribution is 2.46. The van der Waals surface area contributed by atoms with Crippen molar-refractivity contribution in [1.29, 1.82) is 0 Å². The van der Waals surface area contributed by atoms with Crippen molar-refractivity contribution in [3.8, 4) is 22.3 Å². The highest BCUT2D eigenvalue weighted by molar-refractivity contribution is 7.18. The summed E-state index contributed by atoms with van der Waals surface area (Å²) in [6, 6.07) is 29.6. The molecular formula is C32H32S. The summed E-state index contributed by atoms with van der Waals surface area (Å²) in [7, 11) is 0. The third-order valence-electron chi connectivity index (χ3n) is 6.71. The van der Waals surface area contributed by atoms with Crippen molar-refractivity contribution in [3.05, 3.63) is 95.4 Å². The van der Waals surface area contributed by atoms with Gasteiger partial charge in [-0.1, -0.05) is 114 Å². The average Bonchev–Trinajstić information content (AvgIpc) is 3.27. The average molecular weight is 449 g/mol. The molecule has 0 saturated carbocycles. The Kier molecular flexibility index (Phi) is 5.21. The highest BCUT2D eigenvalue weighted by atomic mass is 32.1. The third kappa shape index (κ3) is 3.89. The van der Waals surface area contributed by atoms with E-state index in [1.165, 1.54) is 54.2 Å². The number of thiophene rings is 1. The van der Waals surface area contributed by atoms with Crippen LogP contribution in [0.2, 0.25) is 0 Å². The van der Waals surface area contributed by atoms with Crippen molar-refractivity contribution in [2.75, 3.05) is 0 Å². The summed E-state index contributed by atoms with van der Waals surface area (Å²) in [6.07, 6.45) is 0. The molecule has 0 unspecified atom stereocenters. The fourth-order valence-corrected chi connectivity index (χ4v) is 5.73. The quantitative estimate of drug-likeness (QED) is 0.252. The van der Waals surface area contributed by atoms with Crippen LogP contribution in [0.5, 0.6) is 0 Å². The van der Waals surface area contributed by atoms with Gasteiger partial charge in [-0.2, -0.15) is 0 Å². The Morgan fingerprint density at radius 3 is 1.48 bits per heavy atom. The van der Waals surface area contributed by atoms with Crippen molar-refractivity contribution in [1.82, 2.24) is 0 Å². The molecule has 0 aliphatic heterocycles. The molecule has 0 aliphatic carbocycles. The normalized spacial score (nSPS) is 12.5. The lowest BCUT2D eigenvalue weighted by molar-refractivity contribution is 0.590. The van der Waals surface area contributed by atoms with Gasteiger partial charge >= 0.3 is 0 Å². The molecule has 166 valence electrons. The minimum absolute atomic E-state index is 0.143. The van der Waals surface area contributed by atoms with Gasteiger partial charge in [0.05, 0.1) is 0 Å². The summed E-state index contributed by atoms with van der Waals surface area (Å²) in [6.45, 7) is 13.7. The van der Waals surface area contributed by atoms with Crippen LogP contribution in [-0.2, 0) is 10.8 Å². The van der Waals surface area contributed by atoms with E-state index in [9.17, 15) is 0 Å². The molecule has 1 aromatic heterocycles. The van der Waals surface area contributed by atoms with E-state index in [2.05, 4.69) is 126 Å². The Morgan fingerprint density at radius 2 is 0.970 bits per heavy atom. The molecule has 5 aromatic rings. The second-order valence-electron chi connectivity index (χ2n) is 11.1. The number of benzene rings is 4. The summed E-state index contributed by atoms with van der Waals surface area (Å²) < 4.78 is 1.37. The Balaban J connectivity index is 1.83. The van der Waals surface area contributed by atoms with Crippen LogP contribution in [-0.4, -0.2) is 0 Å². The van der Waals surface area contributed by atoms with Gasteiger partial charge in [0.15, 0.2) is 0 Å². The minimum atomic E-state index is 0.143. The molecule has 1 heteroatoms. The predicted molar refractivity (Wildman–Crippen MR) is 148 cm³/mol. The maximum absolute atomic E-state index is 2.32. The molecule has 0 fully saturated rings. The molecule has 0 aliphatic rings. The van der Waals surface area contributed by atoms with Gasteiger partial charge in [-0.15, -0.1) is 11.3 Å². The summed E-state index contributed by atoms with van der Waals surface area (Å²) in [5, 5.41) is 6.23. The zero-order valence-corrected chi connectivity index (χ0v) is 21.3. The molecule has 0 N–H and O–H groups in total. The fourth-order valence-electron chi connectivity index (χ4n) is 4.75. The van der Waals surface area contributed by atoms with Crippen LogP contribution >= 0.6 is 11.3 Å². The predicted octanol–water partition coefficient (Wildman–Crippen LogP) is 9.98. The number of rotatable bonds is 2. The Morgan fingerprint density at radius 1 is 0.485 bits per heavy atom. The molecule has 0 saturated heterocycles. The standard InChI is InChI=1S/C32H32S/c1-31(2,3)23-15-11-21(12-16-23)28-26-10-8-7-9-25(26)27-19-20-33-30(27)29(28)22-13-17-24(18-14-22)32(4,5)6/h7-20H,1-6H3. The molecule has 1 heterocycles. The third-order valence-corrected chi connectivity index (χ3v) is 7.64. The summed E-state index contributed by atoms with van der Waals surface area (Å²) in [4.78, 5) is 0. The second-order valence-corrected chi connectivity index (χ2v) is 12.0. The maximum Gasteiger partial charge on any atom is 0.0433 e. The van der Waals surface area contributed by atoms with Crippen LogP contribution in [0.3, 0.4) is 0 Å². The lowest BCUT2D eigenvalue weighted by atomic mass is 9.83. The minimum Gasteiger partial charge on any atom is -0.143 e. The molecule has 5 rings (SSSR count). The van der Waals surface area contributed by atoms with Crippen LogP contribution in [0.1, 0.15) is 52.7 Å². The molecule has 33 heavy (non-hydrogen) atoms. The molecular weight excluding hydrogens is 416 g/mol. The van der Waals surface area contributed by atoms with Crippen molar-refractivity contribution in [2.24, 2.45) is 0 Å². The lowest BCUT2D eigenvalue weighted by Crippen LogP contribution is -2.10. The molecule has 0 atom stereocenters. The van der Waals surface area contributed by atoms with E-state index in [4.69, 9.17) is 0 Å². The largest absolute Gasteiger partial charge is 0.143 e. The van der Waals surface area contributed by atoms with E-state index < -0.39 is 0 Å². The zero-order chi connectivity index (χ0) is 23.4. The van der Waals surface area contributed by atoms with Gasteiger partial charge in [0, 0.05) is 15.6 Å². The first-order valence-corrected chi connectivity index (χ1v) is 12.7. The van der Waals surface area contributed by atoms with Crippen LogP contribution in [0, 0.1) is 0 Å². The van der Waals surface area contributed by atoms with E-state index in [0.717, 1.165) is 0 Å². The van der Waals surface area contributed by atoms with E-state index in [0.29, 0.717) is 0 Å². The number of hydrogen-bond acceptors (Lipinski definition) is 1. The van der Waals surface area contributed by atoms with Crippen LogP contribution in [0.4, 0.5) is 0 Å². The molecule has 0 bridgehead atoms. The smallest absolute Gasteiger partial charge is 0.0433 e. The highest BCUT2D eigenvalue weighted by Gasteiger charge is 2.20. The summed E-state index contributed by atoms with van der Waals surface area (Å²) >= 11 is 1.85. The second kappa shape index (κ2) is 7.85. The SMILES string of the molecule is CC(C)(C)c1ccc(-c2c(-c3ccc(C(C)(C)C)cc3)c3sccc3c3ccccc23)cc1. The van der Waals surface area contributed by atoms with E-state index in [-0.39, 0.29) is 10.8 Å². The summed E-state index contributed by atoms with van der Waals surface area (Å²) in [5.41, 5.74) is 8.28. The number of fused-ring (bicyclic) bond motifs is 3. The summed E-state index contributed by atoms with van der Waals surface area (Å²) in [5.74, 6) is 0. The van der Waals surface area contributed by atoms with E-state index >= 15 is 0 Å². The van der Waals surface area contributed by atoms with Crippen LogP contribution in [0.25, 0.3) is 43.1 Å². The monoisotopic (exact) mass is 448 g/mol. The van der Waals surface area contributed by atoms with Crippen LogP contribution in [0.15, 0.2) is 84.2 Å². The topological polar surface area (TPSA) is 0 Å². The maximum atomic E-state index is 2.32. The first kappa shape index (κ1) is 21.9. The van der Waals surface area contributed by atoms with Gasteiger partial charge in [0.25, 0.3) is 0 Å². The van der Waals surface area contributed by atoms with Crippen molar-refractivity contribution in [3.63, 3.8) is 0 Å². The first-order chi connectivity index (χ1) is 15.6. The van der Waals surface area contributed by atoms with Crippen LogP contribution < -0.4 is 0 Å². The molecule has 4 aromatic carbocycles. The lowest BCUT2D eigenvalue weighted by Gasteiger charge is -2.22. The van der Waals surface area contributed by atoms with Gasteiger partial charge in [0.2, 0.25) is 0 Å². The zero-order valence-electron chi connectivity index (χ0n) is 20.5. The molecule has 0 radical (unpaired) electrons. The number of hydrogen-bond donors (Lipinski definition) is 0. The van der Waals surface area contributed by atoms with Gasteiger partial charge in [-0.05, 0) is 60.9 Å². The van der Waals surface area contributed by atoms with Gasteiger partial charge in [0.1, 0.15) is 0 Å². The van der Waals surface area contributed by atoms with Gasteiger partial charge < -0.3 is 0 Å². The van der Waals surface area contributed by atoms with Crippen molar-refractivity contribution in [2.45, 2.75) is 52.4 Å². The van der Waals surface area contributed by atoms with Crippen molar-refractivity contribution < 1.29 is 0 Å². The Labute approximate surface area is 201 Å². The Hall–Kier alpha value is -2.90. The first-order valence-electron chi connectivity index (χ1n) is 11.8. The molecule has 0 spiro atoms. The van der Waals surface area contributed by atoms with E-state index in [1.807, 2.05) is 11.3 Å². The molecule has 0 nitrogen and oxygen atoms in total. The van der Waals surface area contributed by atoms with Gasteiger partial charge in [-0.25, -0.2) is 0 Å². The Bertz CT molecular complexity index is 1430. The fraction of sp³-hybridized carbons (Fsp3) is 0.250.